The van der Waals surface area contributed by atoms with Gasteiger partial charge in [-0.25, -0.2) is 0 Å². The van der Waals surface area contributed by atoms with Crippen molar-refractivity contribution in [3.05, 3.63) is 0 Å². The molecule has 0 saturated carbocycles. The Bertz CT molecular complexity index is 148. The molecule has 0 nitrogen and oxygen atoms in total. The lowest BCUT2D eigenvalue weighted by Crippen LogP contribution is -2.24. The summed E-state index contributed by atoms with van der Waals surface area (Å²) in [5.41, 5.74) is 0. The van der Waals surface area contributed by atoms with Crippen LogP contribution in [0.2, 0.25) is 0 Å². The Morgan fingerprint density at radius 3 is 1.07 bits per heavy atom. The molecule has 0 radical (unpaired) electrons. The van der Waals surface area contributed by atoms with Gasteiger partial charge in [-0.3, -0.25) is 0 Å². The van der Waals surface area contributed by atoms with Crippen molar-refractivity contribution in [1.82, 2.24) is 0 Å². The lowest BCUT2D eigenvalue weighted by Gasteiger charge is -2.19. The average Bonchev–Trinajstić information content (AvgIpc) is 1.95. The van der Waals surface area contributed by atoms with E-state index in [9.17, 15) is 26.3 Å². The van der Waals surface area contributed by atoms with Gasteiger partial charge < -0.3 is 0 Å². The van der Waals surface area contributed by atoms with Crippen LogP contribution >= 0.6 is 0 Å². The Kier molecular flexibility index (Phi) is 4.27. The van der Waals surface area contributed by atoms with Crippen LogP contribution in [0, 0.1) is 11.8 Å². The van der Waals surface area contributed by atoms with Gasteiger partial charge in [-0.2, -0.15) is 26.3 Å². The minimum atomic E-state index is -4.40. The van der Waals surface area contributed by atoms with Crippen LogP contribution in [-0.4, -0.2) is 12.4 Å². The monoisotopic (exact) mass is 222 g/mol. The van der Waals surface area contributed by atoms with Gasteiger partial charge in [0.25, 0.3) is 0 Å². The molecule has 0 amide bonds. The molecule has 0 aliphatic rings. The molecular weight excluding hydrogens is 210 g/mol. The molecule has 6 heteroatoms. The summed E-state index contributed by atoms with van der Waals surface area (Å²) in [5, 5.41) is 0. The lowest BCUT2D eigenvalue weighted by molar-refractivity contribution is -0.187. The van der Waals surface area contributed by atoms with Crippen molar-refractivity contribution in [2.45, 2.75) is 39.0 Å². The third-order valence-corrected chi connectivity index (χ3v) is 2.15. The minimum absolute atomic E-state index is 0.482. The van der Waals surface area contributed by atoms with Gasteiger partial charge in [0, 0.05) is 0 Å². The predicted octanol–water partition coefficient (Wildman–Crippen LogP) is 4.16. The molecule has 0 rings (SSSR count). The summed E-state index contributed by atoms with van der Waals surface area (Å²) >= 11 is 0. The summed E-state index contributed by atoms with van der Waals surface area (Å²) in [5.74, 6) is -3.35. The van der Waals surface area contributed by atoms with E-state index >= 15 is 0 Å². The van der Waals surface area contributed by atoms with Crippen molar-refractivity contribution in [3.63, 3.8) is 0 Å². The maximum absolute atomic E-state index is 11.9. The van der Waals surface area contributed by atoms with Crippen LogP contribution < -0.4 is 0 Å². The van der Waals surface area contributed by atoms with Crippen LogP contribution in [0.4, 0.5) is 26.3 Å². The average molecular weight is 222 g/mol. The summed E-state index contributed by atoms with van der Waals surface area (Å²) in [6.45, 7) is 1.78. The molecule has 2 atom stereocenters. The summed E-state index contributed by atoms with van der Waals surface area (Å²) in [6, 6.07) is 0. The first-order valence-electron chi connectivity index (χ1n) is 4.18. The highest BCUT2D eigenvalue weighted by molar-refractivity contribution is 4.68. The van der Waals surface area contributed by atoms with Gasteiger partial charge in [-0.1, -0.05) is 13.8 Å². The zero-order valence-corrected chi connectivity index (χ0v) is 7.84. The smallest absolute Gasteiger partial charge is 0.171 e. The van der Waals surface area contributed by atoms with Gasteiger partial charge in [-0.05, 0) is 12.8 Å². The van der Waals surface area contributed by atoms with Crippen molar-refractivity contribution < 1.29 is 26.3 Å². The fraction of sp³-hybridized carbons (Fsp3) is 1.00. The van der Waals surface area contributed by atoms with Crippen LogP contribution in [-0.2, 0) is 0 Å². The Hall–Kier alpha value is -0.420. The van der Waals surface area contributed by atoms with Gasteiger partial charge in [-0.15, -0.1) is 0 Å². The van der Waals surface area contributed by atoms with Crippen molar-refractivity contribution in [2.75, 3.05) is 0 Å². The molecule has 0 heterocycles. The normalized spacial score (nSPS) is 18.0. The first-order valence-corrected chi connectivity index (χ1v) is 4.18. The van der Waals surface area contributed by atoms with E-state index in [1.54, 1.807) is 0 Å². The molecule has 2 unspecified atom stereocenters. The predicted molar refractivity (Wildman–Crippen MR) is 39.7 cm³/mol. The summed E-state index contributed by atoms with van der Waals surface area (Å²) < 4.78 is 71.5. The van der Waals surface area contributed by atoms with Crippen molar-refractivity contribution >= 4 is 0 Å². The van der Waals surface area contributed by atoms with Gasteiger partial charge in [0.15, 0.2) is 0 Å². The molecule has 0 aliphatic carbocycles. The van der Waals surface area contributed by atoms with Crippen molar-refractivity contribution in [2.24, 2.45) is 11.8 Å². The number of hydrogen-bond donors (Lipinski definition) is 0. The Labute approximate surface area is 78.3 Å². The van der Waals surface area contributed by atoms with Gasteiger partial charge >= 0.3 is 12.4 Å². The first kappa shape index (κ1) is 13.6. The van der Waals surface area contributed by atoms with Gasteiger partial charge in [0.2, 0.25) is 0 Å². The largest absolute Gasteiger partial charge is 0.391 e. The Balaban J connectivity index is 3.96. The number of alkyl halides is 6. The van der Waals surface area contributed by atoms with Crippen molar-refractivity contribution in [1.29, 1.82) is 0 Å². The fourth-order valence-corrected chi connectivity index (χ4v) is 0.827. The molecule has 14 heavy (non-hydrogen) atoms. The van der Waals surface area contributed by atoms with E-state index in [4.69, 9.17) is 0 Å². The zero-order chi connectivity index (χ0) is 11.6. The number of rotatable bonds is 3. The van der Waals surface area contributed by atoms with Crippen LogP contribution in [0.3, 0.4) is 0 Å². The maximum Gasteiger partial charge on any atom is 0.391 e. The second kappa shape index (κ2) is 4.40. The summed E-state index contributed by atoms with van der Waals surface area (Å²) in [7, 11) is 0. The highest BCUT2D eigenvalue weighted by Gasteiger charge is 2.39. The summed E-state index contributed by atoms with van der Waals surface area (Å²) in [6.07, 6.45) is -9.76. The second-order valence-electron chi connectivity index (χ2n) is 3.46. The summed E-state index contributed by atoms with van der Waals surface area (Å²) in [4.78, 5) is 0. The molecule has 0 saturated heterocycles. The topological polar surface area (TPSA) is 0 Å². The van der Waals surface area contributed by atoms with Crippen LogP contribution in [0.5, 0.6) is 0 Å². The standard InChI is InChI=1S/C8H12F6/c1-5(7(9,10)11)3-4-6(2)8(12,13)14/h5-6H,3-4H2,1-2H3. The van der Waals surface area contributed by atoms with E-state index in [2.05, 4.69) is 0 Å². The zero-order valence-electron chi connectivity index (χ0n) is 7.84. The van der Waals surface area contributed by atoms with E-state index in [1.807, 2.05) is 0 Å². The fourth-order valence-electron chi connectivity index (χ4n) is 0.827. The molecule has 0 aromatic heterocycles. The molecule has 86 valence electrons. The quantitative estimate of drug-likeness (QED) is 0.629. The lowest BCUT2D eigenvalue weighted by atomic mass is 9.97. The molecule has 0 aromatic rings. The molecular formula is C8H12F6. The maximum atomic E-state index is 11.9. The third-order valence-electron chi connectivity index (χ3n) is 2.15. The first-order chi connectivity index (χ1) is 6.05. The van der Waals surface area contributed by atoms with Crippen LogP contribution in [0.15, 0.2) is 0 Å². The van der Waals surface area contributed by atoms with E-state index in [0.29, 0.717) is 0 Å². The molecule has 0 aromatic carbocycles. The highest BCUT2D eigenvalue weighted by Crippen LogP contribution is 2.34. The van der Waals surface area contributed by atoms with Crippen LogP contribution in [0.1, 0.15) is 26.7 Å². The minimum Gasteiger partial charge on any atom is -0.171 e. The molecule has 0 N–H and O–H groups in total. The van der Waals surface area contributed by atoms with Crippen LogP contribution in [0.25, 0.3) is 0 Å². The van der Waals surface area contributed by atoms with Gasteiger partial charge in [0.1, 0.15) is 0 Å². The molecule has 0 spiro atoms. The number of halogens is 6. The third kappa shape index (κ3) is 4.72. The molecule has 0 fully saturated rings. The van der Waals surface area contributed by atoms with E-state index in [0.717, 1.165) is 13.8 Å². The SMILES string of the molecule is CC(CCC(C)C(F)(F)F)C(F)(F)F. The second-order valence-corrected chi connectivity index (χ2v) is 3.46. The van der Waals surface area contributed by atoms with Gasteiger partial charge in [0.05, 0.1) is 11.8 Å². The van der Waals surface area contributed by atoms with E-state index in [1.165, 1.54) is 0 Å². The molecule has 0 bridgehead atoms. The molecule has 0 aliphatic heterocycles. The number of hydrogen-bond acceptors (Lipinski definition) is 0. The van der Waals surface area contributed by atoms with Crippen molar-refractivity contribution in [3.8, 4) is 0 Å². The Morgan fingerprint density at radius 1 is 0.714 bits per heavy atom. The van der Waals surface area contributed by atoms with E-state index in [-0.39, 0.29) is 0 Å². The highest BCUT2D eigenvalue weighted by atomic mass is 19.4. The Morgan fingerprint density at radius 2 is 0.929 bits per heavy atom. The van der Waals surface area contributed by atoms with E-state index < -0.39 is 37.0 Å².